The van der Waals surface area contributed by atoms with Gasteiger partial charge in [-0.1, -0.05) is 25.1 Å². The topological polar surface area (TPSA) is 47.8 Å². The molecule has 0 radical (unpaired) electrons. The molecule has 0 saturated carbocycles. The van der Waals surface area contributed by atoms with E-state index >= 15 is 0 Å². The summed E-state index contributed by atoms with van der Waals surface area (Å²) < 4.78 is 2.19. The zero-order valence-corrected chi connectivity index (χ0v) is 11.1. The number of carbonyl (C=O) groups is 1. The van der Waals surface area contributed by atoms with Crippen molar-refractivity contribution in [2.24, 2.45) is 0 Å². The molecule has 1 aliphatic rings. The molecule has 4 nitrogen and oxygen atoms in total. The largest absolute Gasteiger partial charge is 0.306 e. The number of thioether (sulfide) groups is 1. The molecular formula is C12H19N3OS. The first kappa shape index (κ1) is 12.6. The van der Waals surface area contributed by atoms with Crippen LogP contribution in [0.5, 0.6) is 0 Å². The summed E-state index contributed by atoms with van der Waals surface area (Å²) >= 11 is 1.54. The lowest BCUT2D eigenvalue weighted by Gasteiger charge is -2.05. The summed E-state index contributed by atoms with van der Waals surface area (Å²) in [5.41, 5.74) is 0. The van der Waals surface area contributed by atoms with Crippen LogP contribution < -0.4 is 0 Å². The normalized spacial score (nSPS) is 15.4. The number of aromatic nitrogens is 3. The number of rotatable bonds is 5. The van der Waals surface area contributed by atoms with E-state index in [1.54, 1.807) is 0 Å². The zero-order chi connectivity index (χ0) is 12.1. The first-order chi connectivity index (χ1) is 8.31. The average Bonchev–Trinajstić information content (AvgIpc) is 2.56. The fourth-order valence-electron chi connectivity index (χ4n) is 2.06. The molecule has 0 amide bonds. The molecule has 94 valence electrons. The van der Waals surface area contributed by atoms with Gasteiger partial charge in [-0.05, 0) is 19.3 Å². The Labute approximate surface area is 106 Å². The quantitative estimate of drug-likeness (QED) is 0.756. The predicted octanol–water partition coefficient (Wildman–Crippen LogP) is 2.47. The standard InChI is InChI=1S/C12H19N3OS/c1-2-6-10(16)9-17-12-14-13-11-7-4-3-5-8-15(11)12/h2-9H2,1H3. The number of hydrogen-bond donors (Lipinski definition) is 0. The Morgan fingerprint density at radius 3 is 3.06 bits per heavy atom. The third-order valence-corrected chi connectivity index (χ3v) is 3.99. The van der Waals surface area contributed by atoms with Crippen molar-refractivity contribution >= 4 is 17.5 Å². The number of Topliss-reactive ketones (excluding diaryl/α,β-unsaturated/α-hetero) is 1. The molecule has 1 aromatic rings. The van der Waals surface area contributed by atoms with Gasteiger partial charge in [0.1, 0.15) is 11.6 Å². The summed E-state index contributed by atoms with van der Waals surface area (Å²) in [4.78, 5) is 11.5. The molecule has 0 saturated heterocycles. The summed E-state index contributed by atoms with van der Waals surface area (Å²) in [7, 11) is 0. The molecule has 2 heterocycles. The predicted molar refractivity (Wildman–Crippen MR) is 68.2 cm³/mol. The highest BCUT2D eigenvalue weighted by molar-refractivity contribution is 7.99. The molecule has 1 aliphatic heterocycles. The van der Waals surface area contributed by atoms with Crippen LogP contribution >= 0.6 is 11.8 Å². The molecular weight excluding hydrogens is 234 g/mol. The maximum Gasteiger partial charge on any atom is 0.191 e. The van der Waals surface area contributed by atoms with E-state index in [4.69, 9.17) is 0 Å². The van der Waals surface area contributed by atoms with Crippen LogP contribution in [0.15, 0.2) is 5.16 Å². The molecule has 0 spiro atoms. The van der Waals surface area contributed by atoms with Crippen LogP contribution in [0.25, 0.3) is 0 Å². The zero-order valence-electron chi connectivity index (χ0n) is 10.3. The number of carbonyl (C=O) groups excluding carboxylic acids is 1. The first-order valence-electron chi connectivity index (χ1n) is 6.38. The van der Waals surface area contributed by atoms with Crippen molar-refractivity contribution in [2.75, 3.05) is 5.75 Å². The molecule has 2 rings (SSSR count). The number of nitrogens with zero attached hydrogens (tertiary/aromatic N) is 3. The van der Waals surface area contributed by atoms with E-state index in [-0.39, 0.29) is 0 Å². The van der Waals surface area contributed by atoms with Crippen molar-refractivity contribution in [3.05, 3.63) is 5.82 Å². The Bertz CT molecular complexity index is 389. The lowest BCUT2D eigenvalue weighted by molar-refractivity contribution is -0.116. The Hall–Kier alpha value is -0.840. The summed E-state index contributed by atoms with van der Waals surface area (Å²) in [5, 5.41) is 9.34. The van der Waals surface area contributed by atoms with Crippen molar-refractivity contribution in [2.45, 2.75) is 57.1 Å². The fraction of sp³-hybridized carbons (Fsp3) is 0.750. The van der Waals surface area contributed by atoms with Gasteiger partial charge >= 0.3 is 0 Å². The first-order valence-corrected chi connectivity index (χ1v) is 7.36. The van der Waals surface area contributed by atoms with E-state index in [0.717, 1.165) is 30.4 Å². The van der Waals surface area contributed by atoms with E-state index in [9.17, 15) is 4.79 Å². The van der Waals surface area contributed by atoms with Gasteiger partial charge in [-0.25, -0.2) is 0 Å². The van der Waals surface area contributed by atoms with Gasteiger partial charge in [0.05, 0.1) is 5.75 Å². The fourth-order valence-corrected chi connectivity index (χ4v) is 2.95. The van der Waals surface area contributed by atoms with Crippen LogP contribution in [0.2, 0.25) is 0 Å². The van der Waals surface area contributed by atoms with Crippen LogP contribution in [-0.2, 0) is 17.8 Å². The number of ketones is 1. The van der Waals surface area contributed by atoms with E-state index < -0.39 is 0 Å². The van der Waals surface area contributed by atoms with E-state index in [2.05, 4.69) is 14.8 Å². The second-order valence-corrected chi connectivity index (χ2v) is 5.38. The summed E-state index contributed by atoms with van der Waals surface area (Å²) in [6.07, 6.45) is 6.29. The maximum atomic E-state index is 11.5. The number of fused-ring (bicyclic) bond motifs is 1. The highest BCUT2D eigenvalue weighted by Crippen LogP contribution is 2.21. The Morgan fingerprint density at radius 1 is 1.35 bits per heavy atom. The van der Waals surface area contributed by atoms with Crippen molar-refractivity contribution in [1.82, 2.24) is 14.8 Å². The Kier molecular flexibility index (Phi) is 4.59. The Balaban J connectivity index is 1.97. The third kappa shape index (κ3) is 3.31. The van der Waals surface area contributed by atoms with Gasteiger partial charge in [0.2, 0.25) is 0 Å². The molecule has 0 N–H and O–H groups in total. The lowest BCUT2D eigenvalue weighted by atomic mass is 10.2. The minimum absolute atomic E-state index is 0.309. The van der Waals surface area contributed by atoms with Crippen LogP contribution in [0.1, 0.15) is 44.9 Å². The second kappa shape index (κ2) is 6.19. The van der Waals surface area contributed by atoms with Crippen molar-refractivity contribution < 1.29 is 4.79 Å². The summed E-state index contributed by atoms with van der Waals surface area (Å²) in [5.74, 6) is 1.93. The number of hydrogen-bond acceptors (Lipinski definition) is 4. The van der Waals surface area contributed by atoms with Crippen LogP contribution in [0, 0.1) is 0 Å². The van der Waals surface area contributed by atoms with E-state index in [1.807, 2.05) is 6.92 Å². The SMILES string of the molecule is CCCC(=O)CSc1nnc2n1CCCCC2. The third-order valence-electron chi connectivity index (χ3n) is 2.97. The minimum Gasteiger partial charge on any atom is -0.306 e. The minimum atomic E-state index is 0.309. The molecule has 0 atom stereocenters. The van der Waals surface area contributed by atoms with Crippen molar-refractivity contribution in [3.8, 4) is 0 Å². The molecule has 0 bridgehead atoms. The van der Waals surface area contributed by atoms with Crippen LogP contribution in [-0.4, -0.2) is 26.3 Å². The maximum absolute atomic E-state index is 11.5. The van der Waals surface area contributed by atoms with Gasteiger partial charge < -0.3 is 4.57 Å². The highest BCUT2D eigenvalue weighted by Gasteiger charge is 2.15. The monoisotopic (exact) mass is 253 g/mol. The van der Waals surface area contributed by atoms with Crippen LogP contribution in [0.3, 0.4) is 0 Å². The molecule has 0 aromatic carbocycles. The highest BCUT2D eigenvalue weighted by atomic mass is 32.2. The Morgan fingerprint density at radius 2 is 2.24 bits per heavy atom. The average molecular weight is 253 g/mol. The van der Waals surface area contributed by atoms with Gasteiger partial charge in [0.15, 0.2) is 5.16 Å². The molecule has 0 unspecified atom stereocenters. The van der Waals surface area contributed by atoms with Gasteiger partial charge in [0, 0.05) is 19.4 Å². The molecule has 17 heavy (non-hydrogen) atoms. The van der Waals surface area contributed by atoms with Crippen molar-refractivity contribution in [1.29, 1.82) is 0 Å². The molecule has 1 aromatic heterocycles. The molecule has 0 aliphatic carbocycles. The lowest BCUT2D eigenvalue weighted by Crippen LogP contribution is -2.05. The number of aryl methyl sites for hydroxylation is 1. The van der Waals surface area contributed by atoms with Gasteiger partial charge in [-0.2, -0.15) is 0 Å². The van der Waals surface area contributed by atoms with Crippen molar-refractivity contribution in [3.63, 3.8) is 0 Å². The van der Waals surface area contributed by atoms with Gasteiger partial charge in [-0.3, -0.25) is 4.79 Å². The van der Waals surface area contributed by atoms with E-state index in [0.29, 0.717) is 18.0 Å². The summed E-state index contributed by atoms with van der Waals surface area (Å²) in [6, 6.07) is 0. The molecule has 0 fully saturated rings. The van der Waals surface area contributed by atoms with E-state index in [1.165, 1.54) is 31.0 Å². The smallest absolute Gasteiger partial charge is 0.191 e. The van der Waals surface area contributed by atoms with Gasteiger partial charge in [0.25, 0.3) is 0 Å². The molecule has 5 heteroatoms. The summed E-state index contributed by atoms with van der Waals surface area (Å²) in [6.45, 7) is 3.04. The second-order valence-electron chi connectivity index (χ2n) is 4.44. The van der Waals surface area contributed by atoms with Crippen LogP contribution in [0.4, 0.5) is 0 Å². The van der Waals surface area contributed by atoms with Gasteiger partial charge in [-0.15, -0.1) is 10.2 Å².